The maximum absolute atomic E-state index is 12.0. The van der Waals surface area contributed by atoms with E-state index < -0.39 is 12.1 Å². The highest BCUT2D eigenvalue weighted by atomic mass is 35.5. The number of oxime groups is 1. The fourth-order valence-corrected chi connectivity index (χ4v) is 2.72. The normalized spacial score (nSPS) is 17.6. The molecule has 1 aliphatic rings. The maximum Gasteiger partial charge on any atom is 0.347 e. The lowest BCUT2D eigenvalue weighted by atomic mass is 10.0. The van der Waals surface area contributed by atoms with Crippen LogP contribution in [0, 0.1) is 5.92 Å². The number of benzene rings is 1. The van der Waals surface area contributed by atoms with Gasteiger partial charge in [0.1, 0.15) is 24.2 Å². The van der Waals surface area contributed by atoms with Gasteiger partial charge in [-0.05, 0) is 24.6 Å². The van der Waals surface area contributed by atoms with Crippen molar-refractivity contribution >= 4 is 23.3 Å². The zero-order valence-electron chi connectivity index (χ0n) is 15.7. The predicted octanol–water partition coefficient (Wildman–Crippen LogP) is 3.84. The highest BCUT2D eigenvalue weighted by molar-refractivity contribution is 6.31. The van der Waals surface area contributed by atoms with Crippen molar-refractivity contribution < 1.29 is 23.8 Å². The highest BCUT2D eigenvalue weighted by Gasteiger charge is 2.31. The minimum atomic E-state index is -0.734. The molecule has 2 rings (SSSR count). The quantitative estimate of drug-likeness (QED) is 0.479. The number of unbranched alkanes of at least 4 members (excludes halogenated alkanes) is 1. The fraction of sp³-hybridized carbons (Fsp3) is 0.579. The second kappa shape index (κ2) is 9.78. The Morgan fingerprint density at radius 2 is 2.19 bits per heavy atom. The summed E-state index contributed by atoms with van der Waals surface area (Å²) < 4.78 is 16.7. The summed E-state index contributed by atoms with van der Waals surface area (Å²) in [6.45, 7) is 6.85. The molecule has 6 nitrogen and oxygen atoms in total. The van der Waals surface area contributed by atoms with E-state index in [9.17, 15) is 4.79 Å². The molecule has 1 aromatic carbocycles. The van der Waals surface area contributed by atoms with E-state index in [0.29, 0.717) is 35.3 Å². The number of carbonyl (C=O) groups is 1. The molecule has 144 valence electrons. The molecule has 0 radical (unpaired) electrons. The number of rotatable bonds is 9. The van der Waals surface area contributed by atoms with Crippen LogP contribution in [0.5, 0.6) is 5.75 Å². The van der Waals surface area contributed by atoms with Crippen LogP contribution in [0.15, 0.2) is 23.4 Å². The molecular weight excluding hydrogens is 358 g/mol. The first-order valence-electron chi connectivity index (χ1n) is 8.83. The minimum absolute atomic E-state index is 0.0654. The van der Waals surface area contributed by atoms with Crippen molar-refractivity contribution in [2.75, 3.05) is 20.3 Å². The van der Waals surface area contributed by atoms with Gasteiger partial charge in [0.25, 0.3) is 0 Å². The van der Waals surface area contributed by atoms with E-state index >= 15 is 0 Å². The maximum atomic E-state index is 12.0. The van der Waals surface area contributed by atoms with E-state index in [1.165, 1.54) is 7.11 Å². The molecule has 1 aliphatic heterocycles. The summed E-state index contributed by atoms with van der Waals surface area (Å²) in [5, 5.41) is 4.66. The molecule has 0 fully saturated rings. The van der Waals surface area contributed by atoms with Gasteiger partial charge in [0.05, 0.1) is 7.11 Å². The number of carbonyl (C=O) groups excluding carboxylic acids is 1. The summed E-state index contributed by atoms with van der Waals surface area (Å²) in [5.41, 5.74) is 1.28. The van der Waals surface area contributed by atoms with Crippen molar-refractivity contribution in [1.82, 2.24) is 0 Å². The van der Waals surface area contributed by atoms with Gasteiger partial charge in [-0.25, -0.2) is 4.79 Å². The summed E-state index contributed by atoms with van der Waals surface area (Å²) in [4.78, 5) is 17.3. The monoisotopic (exact) mass is 383 g/mol. The van der Waals surface area contributed by atoms with Crippen LogP contribution in [0.25, 0.3) is 0 Å². The number of methoxy groups -OCH3 is 1. The van der Waals surface area contributed by atoms with E-state index in [-0.39, 0.29) is 12.0 Å². The zero-order valence-corrected chi connectivity index (χ0v) is 16.4. The van der Waals surface area contributed by atoms with E-state index in [1.807, 2.05) is 13.8 Å². The second-order valence-corrected chi connectivity index (χ2v) is 6.87. The molecule has 1 heterocycles. The predicted molar refractivity (Wildman–Crippen MR) is 99.9 cm³/mol. The number of hydrogen-bond acceptors (Lipinski definition) is 6. The van der Waals surface area contributed by atoms with Crippen molar-refractivity contribution in [1.29, 1.82) is 0 Å². The van der Waals surface area contributed by atoms with Crippen molar-refractivity contribution in [3.8, 4) is 5.75 Å². The molecule has 0 N–H and O–H groups in total. The average molecular weight is 384 g/mol. The Bertz CT molecular complexity index is 647. The first-order valence-corrected chi connectivity index (χ1v) is 9.21. The first-order chi connectivity index (χ1) is 12.5. The Labute approximate surface area is 159 Å². The van der Waals surface area contributed by atoms with Crippen molar-refractivity contribution in [2.24, 2.45) is 11.1 Å². The Hall–Kier alpha value is -1.79. The Kier molecular flexibility index (Phi) is 7.72. The van der Waals surface area contributed by atoms with Crippen LogP contribution >= 0.6 is 11.6 Å². The van der Waals surface area contributed by atoms with E-state index in [2.05, 4.69) is 12.1 Å². The minimum Gasteiger partial charge on any atom is -0.478 e. The largest absolute Gasteiger partial charge is 0.478 e. The molecule has 0 aliphatic carbocycles. The standard InChI is InChI=1S/C19H26ClNO5/c1-5-6-9-24-16-11-25-21-17(16)14-10-13(20)7-8-15(14)26-18(12(2)3)19(22)23-4/h7-8,10,12,16,18H,5-6,9,11H2,1-4H3. The fourth-order valence-electron chi connectivity index (χ4n) is 2.55. The third-order valence-electron chi connectivity index (χ3n) is 4.02. The van der Waals surface area contributed by atoms with Gasteiger partial charge in [-0.15, -0.1) is 0 Å². The van der Waals surface area contributed by atoms with Gasteiger partial charge in [0.15, 0.2) is 6.10 Å². The van der Waals surface area contributed by atoms with Crippen LogP contribution in [0.4, 0.5) is 0 Å². The lowest BCUT2D eigenvalue weighted by molar-refractivity contribution is -0.150. The van der Waals surface area contributed by atoms with Gasteiger partial charge in [0.2, 0.25) is 0 Å². The molecule has 0 amide bonds. The van der Waals surface area contributed by atoms with E-state index in [0.717, 1.165) is 12.8 Å². The van der Waals surface area contributed by atoms with E-state index in [1.54, 1.807) is 18.2 Å². The van der Waals surface area contributed by atoms with Gasteiger partial charge in [0, 0.05) is 23.1 Å². The molecule has 0 saturated heterocycles. The number of hydrogen-bond donors (Lipinski definition) is 0. The molecule has 2 unspecified atom stereocenters. The Balaban J connectivity index is 2.28. The highest BCUT2D eigenvalue weighted by Crippen LogP contribution is 2.29. The molecule has 1 aromatic rings. The lowest BCUT2D eigenvalue weighted by Gasteiger charge is -2.22. The van der Waals surface area contributed by atoms with Gasteiger partial charge in [-0.3, -0.25) is 0 Å². The molecule has 0 saturated carbocycles. The molecule has 0 spiro atoms. The summed E-state index contributed by atoms with van der Waals surface area (Å²) in [6, 6.07) is 5.17. The lowest BCUT2D eigenvalue weighted by Crippen LogP contribution is -2.34. The number of esters is 1. The summed E-state index contributed by atoms with van der Waals surface area (Å²) in [7, 11) is 1.34. The summed E-state index contributed by atoms with van der Waals surface area (Å²) in [5.74, 6) is -0.00237. The van der Waals surface area contributed by atoms with Crippen LogP contribution in [-0.4, -0.2) is 44.2 Å². The zero-order chi connectivity index (χ0) is 19.1. The Morgan fingerprint density at radius 3 is 2.85 bits per heavy atom. The van der Waals surface area contributed by atoms with Crippen LogP contribution < -0.4 is 4.74 Å². The second-order valence-electron chi connectivity index (χ2n) is 6.43. The SMILES string of the molecule is CCCCOC1CON=C1c1cc(Cl)ccc1OC(C(=O)OC)C(C)C. The van der Waals surface area contributed by atoms with Gasteiger partial charge in [-0.2, -0.15) is 0 Å². The van der Waals surface area contributed by atoms with Crippen LogP contribution in [0.2, 0.25) is 5.02 Å². The van der Waals surface area contributed by atoms with Crippen molar-refractivity contribution in [3.63, 3.8) is 0 Å². The summed E-state index contributed by atoms with van der Waals surface area (Å²) >= 11 is 6.17. The van der Waals surface area contributed by atoms with Crippen LogP contribution in [-0.2, 0) is 19.1 Å². The molecule has 2 atom stereocenters. The number of ether oxygens (including phenoxy) is 3. The van der Waals surface area contributed by atoms with Crippen LogP contribution in [0.1, 0.15) is 39.2 Å². The third kappa shape index (κ3) is 5.11. The topological polar surface area (TPSA) is 66.3 Å². The molecular formula is C19H26ClNO5. The Morgan fingerprint density at radius 1 is 1.42 bits per heavy atom. The van der Waals surface area contributed by atoms with E-state index in [4.69, 9.17) is 30.6 Å². The third-order valence-corrected chi connectivity index (χ3v) is 4.26. The van der Waals surface area contributed by atoms with Gasteiger partial charge < -0.3 is 19.0 Å². The van der Waals surface area contributed by atoms with Crippen molar-refractivity contribution in [3.05, 3.63) is 28.8 Å². The average Bonchev–Trinajstić information content (AvgIpc) is 3.08. The van der Waals surface area contributed by atoms with Gasteiger partial charge in [-0.1, -0.05) is 43.9 Å². The molecule has 0 aromatic heterocycles. The molecule has 0 bridgehead atoms. The molecule has 7 heteroatoms. The smallest absolute Gasteiger partial charge is 0.347 e. The first kappa shape index (κ1) is 20.5. The summed E-state index contributed by atoms with van der Waals surface area (Å²) in [6.07, 6.45) is 0.974. The number of nitrogens with zero attached hydrogens (tertiary/aromatic N) is 1. The number of halogens is 1. The molecule has 26 heavy (non-hydrogen) atoms. The van der Waals surface area contributed by atoms with Crippen LogP contribution in [0.3, 0.4) is 0 Å². The van der Waals surface area contributed by atoms with Crippen molar-refractivity contribution in [2.45, 2.75) is 45.8 Å². The van der Waals surface area contributed by atoms with Gasteiger partial charge >= 0.3 is 5.97 Å².